The number of furan rings is 1. The molecule has 11 heteroatoms. The SMILES string of the molecule is C=CCNc1nc2c(s1)c(=O)[nH]c1c2sc2nc(C(F)(F)F)cc(-c3ccco3)c21. The standard InChI is InChI=1S/C19H11F3N4O2S2/c1-2-5-23-18-26-13-14-12(25-16(27)15(13)30-18)11-8(9-4-3-6-28-9)7-10(19(20,21)22)24-17(11)29-14/h2-4,6-7H,1,5H2,(H,23,26)(H,25,27). The summed E-state index contributed by atoms with van der Waals surface area (Å²) in [6.45, 7) is 4.09. The molecule has 0 unspecified atom stereocenters. The van der Waals surface area contributed by atoms with Crippen molar-refractivity contribution in [2.75, 3.05) is 11.9 Å². The molecule has 0 aliphatic rings. The van der Waals surface area contributed by atoms with Gasteiger partial charge in [0.1, 0.15) is 26.5 Å². The number of aromatic nitrogens is 3. The molecule has 0 saturated carbocycles. The van der Waals surface area contributed by atoms with Gasteiger partial charge < -0.3 is 14.7 Å². The van der Waals surface area contributed by atoms with Crippen LogP contribution in [0.1, 0.15) is 5.69 Å². The number of hydrogen-bond acceptors (Lipinski definition) is 7. The Morgan fingerprint density at radius 3 is 2.80 bits per heavy atom. The predicted octanol–water partition coefficient (Wildman–Crippen LogP) is 5.62. The van der Waals surface area contributed by atoms with Gasteiger partial charge in [-0.25, -0.2) is 9.97 Å². The highest BCUT2D eigenvalue weighted by Gasteiger charge is 2.34. The third kappa shape index (κ3) is 2.89. The topological polar surface area (TPSA) is 83.8 Å². The lowest BCUT2D eigenvalue weighted by Gasteiger charge is -2.08. The highest BCUT2D eigenvalue weighted by atomic mass is 32.1. The number of hydrogen-bond donors (Lipinski definition) is 2. The van der Waals surface area contributed by atoms with Gasteiger partial charge in [0.2, 0.25) is 0 Å². The summed E-state index contributed by atoms with van der Waals surface area (Å²) in [5, 5.41) is 3.95. The Hall–Kier alpha value is -3.18. The molecule has 0 amide bonds. The quantitative estimate of drug-likeness (QED) is 0.349. The molecule has 5 heterocycles. The van der Waals surface area contributed by atoms with E-state index in [0.29, 0.717) is 37.5 Å². The number of alkyl halides is 3. The van der Waals surface area contributed by atoms with E-state index in [1.807, 2.05) is 0 Å². The summed E-state index contributed by atoms with van der Waals surface area (Å²) in [6.07, 6.45) is -1.59. The van der Waals surface area contributed by atoms with Crippen LogP contribution in [-0.2, 0) is 6.18 Å². The molecule has 5 aromatic rings. The van der Waals surface area contributed by atoms with Crippen LogP contribution in [0.4, 0.5) is 18.3 Å². The van der Waals surface area contributed by atoms with Gasteiger partial charge in [-0.05, 0) is 18.2 Å². The first-order valence-corrected chi connectivity index (χ1v) is 10.3. The smallest absolute Gasteiger partial charge is 0.433 e. The number of rotatable bonds is 4. The summed E-state index contributed by atoms with van der Waals surface area (Å²) in [7, 11) is 0. The molecule has 0 atom stereocenters. The Morgan fingerprint density at radius 2 is 2.10 bits per heavy atom. The number of fused-ring (bicyclic) bond motifs is 5. The summed E-state index contributed by atoms with van der Waals surface area (Å²) in [5.74, 6) is 0.250. The van der Waals surface area contributed by atoms with Crippen molar-refractivity contribution < 1.29 is 17.6 Å². The highest BCUT2D eigenvalue weighted by Crippen LogP contribution is 2.43. The van der Waals surface area contributed by atoms with E-state index < -0.39 is 11.9 Å². The third-order valence-corrected chi connectivity index (χ3v) is 6.53. The zero-order valence-corrected chi connectivity index (χ0v) is 16.6. The van der Waals surface area contributed by atoms with Crippen molar-refractivity contribution in [1.29, 1.82) is 0 Å². The van der Waals surface area contributed by atoms with E-state index in [9.17, 15) is 18.0 Å². The fraction of sp³-hybridized carbons (Fsp3) is 0.105. The molecule has 6 nitrogen and oxygen atoms in total. The molecule has 0 radical (unpaired) electrons. The minimum Gasteiger partial charge on any atom is -0.464 e. The second-order valence-electron chi connectivity index (χ2n) is 6.34. The van der Waals surface area contributed by atoms with Gasteiger partial charge in [0.15, 0.2) is 5.13 Å². The van der Waals surface area contributed by atoms with Crippen LogP contribution in [0.5, 0.6) is 0 Å². The van der Waals surface area contributed by atoms with E-state index in [0.717, 1.165) is 17.4 Å². The number of anilines is 1. The maximum absolute atomic E-state index is 13.5. The zero-order chi connectivity index (χ0) is 21.0. The lowest BCUT2D eigenvalue weighted by Crippen LogP contribution is -2.08. The van der Waals surface area contributed by atoms with E-state index in [-0.39, 0.29) is 21.7 Å². The van der Waals surface area contributed by atoms with Gasteiger partial charge in [0, 0.05) is 17.5 Å². The molecule has 5 rings (SSSR count). The molecule has 0 aliphatic heterocycles. The molecule has 2 N–H and O–H groups in total. The number of aromatic amines is 1. The van der Waals surface area contributed by atoms with Crippen molar-refractivity contribution in [3.05, 3.63) is 53.2 Å². The number of thiazole rings is 1. The Morgan fingerprint density at radius 1 is 1.27 bits per heavy atom. The van der Waals surface area contributed by atoms with Crippen molar-refractivity contribution in [2.45, 2.75) is 6.18 Å². The number of thiophene rings is 1. The molecule has 0 saturated heterocycles. The maximum atomic E-state index is 13.5. The van der Waals surface area contributed by atoms with E-state index in [4.69, 9.17) is 4.42 Å². The second kappa shape index (κ2) is 6.67. The molecule has 0 aromatic carbocycles. The summed E-state index contributed by atoms with van der Waals surface area (Å²) in [5.41, 5.74) is -0.378. The van der Waals surface area contributed by atoms with E-state index >= 15 is 0 Å². The average molecular weight is 448 g/mol. The Labute approximate surface area is 173 Å². The van der Waals surface area contributed by atoms with E-state index in [1.54, 1.807) is 18.2 Å². The molecule has 0 aliphatic carbocycles. The fourth-order valence-corrected chi connectivity index (χ4v) is 5.28. The third-order valence-electron chi connectivity index (χ3n) is 4.42. The molecular formula is C19H11F3N4O2S2. The van der Waals surface area contributed by atoms with Crippen LogP contribution in [-0.4, -0.2) is 21.5 Å². The van der Waals surface area contributed by atoms with Crippen molar-refractivity contribution in [2.24, 2.45) is 0 Å². The van der Waals surface area contributed by atoms with Gasteiger partial charge in [0.05, 0.1) is 16.5 Å². The van der Waals surface area contributed by atoms with E-state index in [2.05, 4.69) is 26.8 Å². The van der Waals surface area contributed by atoms with Crippen molar-refractivity contribution in [3.8, 4) is 11.3 Å². The lowest BCUT2D eigenvalue weighted by atomic mass is 10.1. The first kappa shape index (κ1) is 18.8. The molecular weight excluding hydrogens is 437 g/mol. The van der Waals surface area contributed by atoms with Crippen LogP contribution in [0.2, 0.25) is 0 Å². The summed E-state index contributed by atoms with van der Waals surface area (Å²) in [4.78, 5) is 23.9. The monoisotopic (exact) mass is 448 g/mol. The molecule has 0 fully saturated rings. The van der Waals surface area contributed by atoms with Gasteiger partial charge in [-0.15, -0.1) is 17.9 Å². The van der Waals surface area contributed by atoms with Crippen LogP contribution in [0.25, 0.3) is 42.0 Å². The minimum atomic E-state index is -4.63. The van der Waals surface area contributed by atoms with Crippen LogP contribution in [0.15, 0.2) is 46.3 Å². The lowest BCUT2D eigenvalue weighted by molar-refractivity contribution is -0.140. The molecule has 5 aromatic heterocycles. The van der Waals surface area contributed by atoms with Gasteiger partial charge in [-0.3, -0.25) is 4.79 Å². The normalized spacial score (nSPS) is 12.2. The van der Waals surface area contributed by atoms with Gasteiger partial charge >= 0.3 is 6.18 Å². The van der Waals surface area contributed by atoms with Gasteiger partial charge in [0.25, 0.3) is 5.56 Å². The number of H-pyrrole nitrogens is 1. The van der Waals surface area contributed by atoms with Crippen molar-refractivity contribution in [1.82, 2.24) is 15.0 Å². The number of nitrogens with one attached hydrogen (secondary N) is 2. The largest absolute Gasteiger partial charge is 0.464 e. The van der Waals surface area contributed by atoms with Crippen molar-refractivity contribution in [3.63, 3.8) is 0 Å². The van der Waals surface area contributed by atoms with Gasteiger partial charge in [-0.1, -0.05) is 17.4 Å². The molecule has 0 spiro atoms. The van der Waals surface area contributed by atoms with Gasteiger partial charge in [-0.2, -0.15) is 13.2 Å². The first-order chi connectivity index (χ1) is 14.4. The summed E-state index contributed by atoms with van der Waals surface area (Å²) < 4.78 is 46.7. The van der Waals surface area contributed by atoms with Crippen LogP contribution < -0.4 is 10.9 Å². The predicted molar refractivity (Wildman–Crippen MR) is 112 cm³/mol. The molecule has 152 valence electrons. The summed E-state index contributed by atoms with van der Waals surface area (Å²) in [6, 6.07) is 4.09. The zero-order valence-electron chi connectivity index (χ0n) is 15.0. The fourth-order valence-electron chi connectivity index (χ4n) is 3.19. The molecule has 0 bridgehead atoms. The summed E-state index contributed by atoms with van der Waals surface area (Å²) >= 11 is 2.22. The average Bonchev–Trinajstić information content (AvgIpc) is 3.43. The van der Waals surface area contributed by atoms with Crippen LogP contribution >= 0.6 is 22.7 Å². The second-order valence-corrected chi connectivity index (χ2v) is 8.34. The highest BCUT2D eigenvalue weighted by molar-refractivity contribution is 7.27. The first-order valence-electron chi connectivity index (χ1n) is 8.62. The number of pyridine rings is 2. The maximum Gasteiger partial charge on any atom is 0.433 e. The van der Waals surface area contributed by atoms with Crippen LogP contribution in [0.3, 0.4) is 0 Å². The van der Waals surface area contributed by atoms with Crippen LogP contribution in [0, 0.1) is 0 Å². The minimum absolute atomic E-state index is 0.142. The Kier molecular flexibility index (Phi) is 4.19. The van der Waals surface area contributed by atoms with Crippen molar-refractivity contribution >= 4 is 58.5 Å². The Balaban J connectivity index is 1.89. The Bertz CT molecular complexity index is 1480. The number of halogens is 3. The van der Waals surface area contributed by atoms with E-state index in [1.165, 1.54) is 17.6 Å². The molecule has 30 heavy (non-hydrogen) atoms. The number of nitrogens with zero attached hydrogens (tertiary/aromatic N) is 2.